The third-order valence-electron chi connectivity index (χ3n) is 4.69. The number of hydrogen-bond donors (Lipinski definition) is 2. The Hall–Kier alpha value is -2.71. The van der Waals surface area contributed by atoms with Gasteiger partial charge in [0.1, 0.15) is 0 Å². The Morgan fingerprint density at radius 3 is 2.61 bits per heavy atom. The number of nitrogens with one attached hydrogen (secondary N) is 2. The minimum absolute atomic E-state index is 0.0198. The van der Waals surface area contributed by atoms with E-state index < -0.39 is 10.7 Å². The summed E-state index contributed by atoms with van der Waals surface area (Å²) in [4.78, 5) is 37.0. The van der Waals surface area contributed by atoms with Gasteiger partial charge in [-0.1, -0.05) is 18.2 Å². The highest BCUT2D eigenvalue weighted by Crippen LogP contribution is 2.29. The van der Waals surface area contributed by atoms with Crippen LogP contribution in [0.3, 0.4) is 0 Å². The van der Waals surface area contributed by atoms with E-state index >= 15 is 0 Å². The second-order valence-corrected chi connectivity index (χ2v) is 7.38. The Balaban J connectivity index is 1.89. The van der Waals surface area contributed by atoms with Crippen LogP contribution in [0.5, 0.6) is 0 Å². The number of carbonyl (C=O) groups excluding carboxylic acids is 2. The molecule has 2 N–H and O–H groups in total. The molecule has 0 aliphatic carbocycles. The second-order valence-electron chi connectivity index (χ2n) is 6.54. The monoisotopic (exact) mass is 399 g/mol. The molecule has 0 aromatic heterocycles. The summed E-state index contributed by atoms with van der Waals surface area (Å²) < 4.78 is 0. The number of amides is 1. The fourth-order valence-electron chi connectivity index (χ4n) is 3.25. The van der Waals surface area contributed by atoms with Gasteiger partial charge in [-0.25, -0.2) is 0 Å². The fraction of sp³-hybridized carbons (Fsp3) is 0.300. The van der Waals surface area contributed by atoms with Crippen molar-refractivity contribution in [3.8, 4) is 0 Å². The molecule has 2 aromatic carbocycles. The third kappa shape index (κ3) is 4.40. The van der Waals surface area contributed by atoms with E-state index in [9.17, 15) is 19.7 Å². The zero-order valence-electron chi connectivity index (χ0n) is 15.4. The molecule has 28 heavy (non-hydrogen) atoms. The summed E-state index contributed by atoms with van der Waals surface area (Å²) >= 11 is 1.24. The Bertz CT molecular complexity index is 910. The quantitative estimate of drug-likeness (QED) is 0.335. The van der Waals surface area contributed by atoms with Crippen molar-refractivity contribution in [1.82, 2.24) is 10.6 Å². The van der Waals surface area contributed by atoms with E-state index in [4.69, 9.17) is 0 Å². The van der Waals surface area contributed by atoms with Gasteiger partial charge >= 0.3 is 0 Å². The van der Waals surface area contributed by atoms with Gasteiger partial charge in [-0.05, 0) is 43.8 Å². The molecule has 0 saturated carbocycles. The molecule has 1 atom stereocenters. The van der Waals surface area contributed by atoms with E-state index in [-0.39, 0.29) is 34.3 Å². The van der Waals surface area contributed by atoms with Crippen LogP contribution >= 0.6 is 11.8 Å². The number of piperidine rings is 1. The van der Waals surface area contributed by atoms with Crippen LogP contribution in [0.15, 0.2) is 47.4 Å². The molecule has 1 saturated heterocycles. The first-order valence-corrected chi connectivity index (χ1v) is 10.2. The predicted octanol–water partition coefficient (Wildman–Crippen LogP) is 3.03. The Kier molecular flexibility index (Phi) is 6.43. The summed E-state index contributed by atoms with van der Waals surface area (Å²) in [5.74, 6) is -0.726. The number of benzene rings is 2. The lowest BCUT2D eigenvalue weighted by molar-refractivity contribution is -0.387. The maximum Gasteiger partial charge on any atom is 0.283 e. The van der Waals surface area contributed by atoms with Gasteiger partial charge in [-0.15, -0.1) is 11.8 Å². The van der Waals surface area contributed by atoms with Crippen molar-refractivity contribution in [1.29, 1.82) is 0 Å². The summed E-state index contributed by atoms with van der Waals surface area (Å²) in [6.45, 7) is 1.64. The molecule has 1 aliphatic heterocycles. The SMILES string of the molecule is CSc1ccc(C(=O)c2ccccc2C(=O)N[C@H]2CCCNC2)cc1[N+](=O)[O-]. The van der Waals surface area contributed by atoms with E-state index in [0.717, 1.165) is 19.4 Å². The molecule has 0 unspecified atom stereocenters. The van der Waals surface area contributed by atoms with E-state index in [0.29, 0.717) is 11.4 Å². The van der Waals surface area contributed by atoms with Crippen LogP contribution in [0.25, 0.3) is 0 Å². The number of carbonyl (C=O) groups is 2. The highest BCUT2D eigenvalue weighted by atomic mass is 32.2. The molecule has 0 radical (unpaired) electrons. The van der Waals surface area contributed by atoms with Crippen molar-refractivity contribution in [2.24, 2.45) is 0 Å². The Morgan fingerprint density at radius 2 is 1.96 bits per heavy atom. The predicted molar refractivity (Wildman–Crippen MR) is 108 cm³/mol. The van der Waals surface area contributed by atoms with Gasteiger partial charge < -0.3 is 10.6 Å². The van der Waals surface area contributed by atoms with Crippen molar-refractivity contribution >= 4 is 29.1 Å². The summed E-state index contributed by atoms with van der Waals surface area (Å²) in [6, 6.07) is 11.0. The number of rotatable bonds is 6. The van der Waals surface area contributed by atoms with E-state index in [1.54, 1.807) is 42.7 Å². The standard InChI is InChI=1S/C20H21N3O4S/c1-28-18-9-8-13(11-17(18)23(26)27)19(24)15-6-2-3-7-16(15)20(25)22-14-5-4-10-21-12-14/h2-3,6-9,11,14,21H,4-5,10,12H2,1H3,(H,22,25)/t14-/m0/s1. The lowest BCUT2D eigenvalue weighted by atomic mass is 9.97. The van der Waals surface area contributed by atoms with Crippen LogP contribution in [-0.4, -0.2) is 42.0 Å². The highest BCUT2D eigenvalue weighted by Gasteiger charge is 2.23. The smallest absolute Gasteiger partial charge is 0.283 e. The molecule has 8 heteroatoms. The van der Waals surface area contributed by atoms with Gasteiger partial charge in [0.15, 0.2) is 5.78 Å². The third-order valence-corrected chi connectivity index (χ3v) is 5.47. The minimum atomic E-state index is -0.503. The van der Waals surface area contributed by atoms with Crippen LogP contribution in [-0.2, 0) is 0 Å². The molecule has 3 rings (SSSR count). The first-order valence-electron chi connectivity index (χ1n) is 8.99. The van der Waals surface area contributed by atoms with Crippen LogP contribution in [0, 0.1) is 10.1 Å². The summed E-state index contributed by atoms with van der Waals surface area (Å²) in [5, 5.41) is 17.5. The number of thioether (sulfide) groups is 1. The molecule has 1 aliphatic rings. The van der Waals surface area contributed by atoms with Crippen molar-refractivity contribution < 1.29 is 14.5 Å². The zero-order valence-corrected chi connectivity index (χ0v) is 16.3. The molecule has 0 spiro atoms. The number of nitro benzene ring substituents is 1. The molecular weight excluding hydrogens is 378 g/mol. The van der Waals surface area contributed by atoms with Gasteiger partial charge in [0.05, 0.1) is 15.4 Å². The van der Waals surface area contributed by atoms with Gasteiger partial charge in [0, 0.05) is 29.8 Å². The van der Waals surface area contributed by atoms with Crippen LogP contribution in [0.4, 0.5) is 5.69 Å². The molecule has 146 valence electrons. The van der Waals surface area contributed by atoms with Crippen molar-refractivity contribution in [3.63, 3.8) is 0 Å². The lowest BCUT2D eigenvalue weighted by Crippen LogP contribution is -2.45. The molecule has 1 amide bonds. The van der Waals surface area contributed by atoms with Gasteiger partial charge in [-0.2, -0.15) is 0 Å². The number of hydrogen-bond acceptors (Lipinski definition) is 6. The average Bonchev–Trinajstić information content (AvgIpc) is 2.73. The highest BCUT2D eigenvalue weighted by molar-refractivity contribution is 7.98. The maximum atomic E-state index is 13.0. The molecule has 1 heterocycles. The van der Waals surface area contributed by atoms with Gasteiger partial charge in [0.2, 0.25) is 0 Å². The van der Waals surface area contributed by atoms with E-state index in [2.05, 4.69) is 10.6 Å². The van der Waals surface area contributed by atoms with Crippen LogP contribution in [0.2, 0.25) is 0 Å². The molecule has 2 aromatic rings. The maximum absolute atomic E-state index is 13.0. The molecule has 0 bridgehead atoms. The van der Waals surface area contributed by atoms with Gasteiger partial charge in [0.25, 0.3) is 11.6 Å². The van der Waals surface area contributed by atoms with E-state index in [1.807, 2.05) is 0 Å². The largest absolute Gasteiger partial charge is 0.348 e. The number of nitro groups is 1. The van der Waals surface area contributed by atoms with E-state index in [1.165, 1.54) is 17.8 Å². The number of ketones is 1. The molecule has 1 fully saturated rings. The number of nitrogens with zero attached hydrogens (tertiary/aromatic N) is 1. The normalized spacial score (nSPS) is 16.4. The van der Waals surface area contributed by atoms with Crippen molar-refractivity contribution in [2.75, 3.05) is 19.3 Å². The average molecular weight is 399 g/mol. The fourth-order valence-corrected chi connectivity index (χ4v) is 3.79. The second kappa shape index (κ2) is 8.99. The Labute approximate surface area is 167 Å². The summed E-state index contributed by atoms with van der Waals surface area (Å²) in [7, 11) is 0. The van der Waals surface area contributed by atoms with Crippen molar-refractivity contribution in [3.05, 3.63) is 69.3 Å². The lowest BCUT2D eigenvalue weighted by Gasteiger charge is -2.24. The molecular formula is C20H21N3O4S. The Morgan fingerprint density at radius 1 is 1.21 bits per heavy atom. The van der Waals surface area contributed by atoms with Gasteiger partial charge in [-0.3, -0.25) is 19.7 Å². The van der Waals surface area contributed by atoms with Crippen LogP contribution < -0.4 is 10.6 Å². The first-order chi connectivity index (χ1) is 13.5. The summed E-state index contributed by atoms with van der Waals surface area (Å²) in [6.07, 6.45) is 3.61. The topological polar surface area (TPSA) is 101 Å². The zero-order chi connectivity index (χ0) is 20.1. The van der Waals surface area contributed by atoms with Crippen molar-refractivity contribution in [2.45, 2.75) is 23.8 Å². The first kappa shape index (κ1) is 20.0. The molecule has 7 nitrogen and oxygen atoms in total. The van der Waals surface area contributed by atoms with Crippen LogP contribution in [0.1, 0.15) is 39.1 Å². The summed E-state index contributed by atoms with van der Waals surface area (Å²) in [5.41, 5.74) is 0.572. The minimum Gasteiger partial charge on any atom is -0.348 e.